The van der Waals surface area contributed by atoms with Crippen LogP contribution in [-0.2, 0) is 23.8 Å². The molecular formula is C32H38N2O8S2. The van der Waals surface area contributed by atoms with Gasteiger partial charge < -0.3 is 29.0 Å². The number of hydrogen-bond acceptors (Lipinski definition) is 11. The SMILES string of the molecule is CCOS(=O)(=O)c1ccc(C)cc1OCC(NC)c1cc2sc(/C=C/c3ccc(OCOC)c(OCOC)c3)nc2cc1C. The van der Waals surface area contributed by atoms with Crippen molar-refractivity contribution >= 4 is 43.8 Å². The number of methoxy groups -OCH3 is 2. The van der Waals surface area contributed by atoms with E-state index in [0.717, 1.165) is 37.5 Å². The van der Waals surface area contributed by atoms with Gasteiger partial charge in [0.1, 0.15) is 22.3 Å². The minimum atomic E-state index is -3.93. The predicted octanol–water partition coefficient (Wildman–Crippen LogP) is 6.11. The summed E-state index contributed by atoms with van der Waals surface area (Å²) >= 11 is 1.57. The molecule has 12 heteroatoms. The van der Waals surface area contributed by atoms with E-state index in [1.54, 1.807) is 44.6 Å². The van der Waals surface area contributed by atoms with Gasteiger partial charge in [0.2, 0.25) is 0 Å². The fraction of sp³-hybridized carbons (Fsp3) is 0.344. The van der Waals surface area contributed by atoms with E-state index in [0.29, 0.717) is 11.5 Å². The number of aromatic nitrogens is 1. The van der Waals surface area contributed by atoms with Gasteiger partial charge in [0.15, 0.2) is 25.1 Å². The molecule has 0 saturated heterocycles. The fourth-order valence-electron chi connectivity index (χ4n) is 4.49. The summed E-state index contributed by atoms with van der Waals surface area (Å²) in [5, 5.41) is 4.15. The Hall–Kier alpha value is -3.52. The van der Waals surface area contributed by atoms with Crippen LogP contribution < -0.4 is 19.5 Å². The molecule has 4 rings (SSSR count). The molecule has 10 nitrogen and oxygen atoms in total. The molecule has 0 saturated carbocycles. The Bertz CT molecular complexity index is 1700. The van der Waals surface area contributed by atoms with Gasteiger partial charge in [-0.05, 0) is 92.5 Å². The van der Waals surface area contributed by atoms with Crippen LogP contribution in [0.2, 0.25) is 0 Å². The molecule has 0 radical (unpaired) electrons. The van der Waals surface area contributed by atoms with Crippen molar-refractivity contribution in [2.24, 2.45) is 0 Å². The van der Waals surface area contributed by atoms with Crippen LogP contribution in [0.3, 0.4) is 0 Å². The molecule has 0 amide bonds. The molecule has 1 aromatic heterocycles. The first-order valence-electron chi connectivity index (χ1n) is 14.0. The third-order valence-corrected chi connectivity index (χ3v) is 9.02. The Morgan fingerprint density at radius 2 is 1.66 bits per heavy atom. The fourth-order valence-corrected chi connectivity index (χ4v) is 6.42. The zero-order chi connectivity index (χ0) is 31.7. The van der Waals surface area contributed by atoms with Gasteiger partial charge in [-0.15, -0.1) is 11.3 Å². The maximum atomic E-state index is 12.7. The molecule has 1 N–H and O–H groups in total. The Labute approximate surface area is 262 Å². The van der Waals surface area contributed by atoms with Crippen LogP contribution in [0.1, 0.15) is 40.2 Å². The topological polar surface area (TPSA) is 114 Å². The van der Waals surface area contributed by atoms with E-state index in [1.165, 1.54) is 6.07 Å². The summed E-state index contributed by atoms with van der Waals surface area (Å²) in [6.45, 7) is 6.00. The highest BCUT2D eigenvalue weighted by Crippen LogP contribution is 2.33. The van der Waals surface area contributed by atoms with Crippen molar-refractivity contribution in [2.45, 2.75) is 31.7 Å². The van der Waals surface area contributed by atoms with E-state index in [2.05, 4.69) is 17.4 Å². The number of fused-ring (bicyclic) bond motifs is 1. The van der Waals surface area contributed by atoms with E-state index in [1.807, 2.05) is 51.2 Å². The lowest BCUT2D eigenvalue weighted by atomic mass is 10.0. The van der Waals surface area contributed by atoms with Gasteiger partial charge in [-0.2, -0.15) is 8.42 Å². The van der Waals surface area contributed by atoms with Crippen molar-refractivity contribution in [1.29, 1.82) is 0 Å². The predicted molar refractivity (Wildman–Crippen MR) is 172 cm³/mol. The summed E-state index contributed by atoms with van der Waals surface area (Å²) in [5.41, 5.74) is 4.76. The Kier molecular flexibility index (Phi) is 11.7. The summed E-state index contributed by atoms with van der Waals surface area (Å²) in [7, 11) is 1.03. The van der Waals surface area contributed by atoms with Crippen molar-refractivity contribution in [3.05, 3.63) is 75.8 Å². The molecule has 236 valence electrons. The second-order valence-corrected chi connectivity index (χ2v) is 12.5. The quantitative estimate of drug-likeness (QED) is 0.113. The molecule has 0 bridgehead atoms. The zero-order valence-electron chi connectivity index (χ0n) is 25.7. The summed E-state index contributed by atoms with van der Waals surface area (Å²) in [6, 6.07) is 14.5. The molecule has 3 aromatic carbocycles. The number of aryl methyl sites for hydroxylation is 2. The minimum Gasteiger partial charge on any atom is -0.490 e. The highest BCUT2D eigenvalue weighted by Gasteiger charge is 2.22. The van der Waals surface area contributed by atoms with Crippen molar-refractivity contribution in [1.82, 2.24) is 10.3 Å². The Balaban J connectivity index is 1.55. The molecular weight excluding hydrogens is 604 g/mol. The molecule has 0 fully saturated rings. The first kappa shape index (κ1) is 33.4. The maximum absolute atomic E-state index is 12.7. The second-order valence-electron chi connectivity index (χ2n) is 9.83. The smallest absolute Gasteiger partial charge is 0.300 e. The number of benzene rings is 3. The standard InChI is InChI=1S/C32H38N2O8S2/c1-7-42-44(35,36)31-12-8-21(2)14-29(31)39-18-26(33-4)24-17-30-25(15-22(24)3)34-32(43-30)13-10-23-9-11-27(40-19-37-5)28(16-23)41-20-38-6/h8-17,26,33H,7,18-20H2,1-6H3/b13-10+. The number of nitrogens with zero attached hydrogens (tertiary/aromatic N) is 1. The summed E-state index contributed by atoms with van der Waals surface area (Å²) in [6.07, 6.45) is 3.92. The van der Waals surface area contributed by atoms with E-state index in [-0.39, 0.29) is 43.5 Å². The largest absolute Gasteiger partial charge is 0.490 e. The molecule has 0 aliphatic rings. The number of nitrogens with one attached hydrogen (secondary N) is 1. The molecule has 0 spiro atoms. The van der Waals surface area contributed by atoms with E-state index in [9.17, 15) is 8.42 Å². The number of thiazole rings is 1. The van der Waals surface area contributed by atoms with Crippen LogP contribution in [0.4, 0.5) is 0 Å². The van der Waals surface area contributed by atoms with Gasteiger partial charge in [-0.25, -0.2) is 4.98 Å². The van der Waals surface area contributed by atoms with Gasteiger partial charge in [0.05, 0.1) is 22.9 Å². The maximum Gasteiger partial charge on any atom is 0.300 e. The van der Waals surface area contributed by atoms with Gasteiger partial charge >= 0.3 is 10.1 Å². The highest BCUT2D eigenvalue weighted by atomic mass is 32.2. The molecule has 1 atom stereocenters. The third-order valence-electron chi connectivity index (χ3n) is 6.61. The molecule has 1 unspecified atom stereocenters. The number of ether oxygens (including phenoxy) is 5. The second kappa shape index (κ2) is 15.5. The van der Waals surface area contributed by atoms with E-state index < -0.39 is 10.1 Å². The number of hydrogen-bond donors (Lipinski definition) is 1. The minimum absolute atomic E-state index is 0.0142. The van der Waals surface area contributed by atoms with Gasteiger partial charge in [-0.1, -0.05) is 18.2 Å². The molecule has 4 aromatic rings. The lowest BCUT2D eigenvalue weighted by molar-refractivity contribution is 0.0322. The van der Waals surface area contributed by atoms with Crippen LogP contribution in [0.25, 0.3) is 22.4 Å². The van der Waals surface area contributed by atoms with Crippen LogP contribution in [0.15, 0.2) is 53.4 Å². The molecule has 1 heterocycles. The van der Waals surface area contributed by atoms with Crippen molar-refractivity contribution in [3.63, 3.8) is 0 Å². The van der Waals surface area contributed by atoms with Crippen molar-refractivity contribution < 1.29 is 36.3 Å². The lowest BCUT2D eigenvalue weighted by Crippen LogP contribution is -2.24. The van der Waals surface area contributed by atoms with Crippen LogP contribution in [0.5, 0.6) is 17.2 Å². The van der Waals surface area contributed by atoms with E-state index >= 15 is 0 Å². The van der Waals surface area contributed by atoms with Gasteiger partial charge in [0.25, 0.3) is 0 Å². The Morgan fingerprint density at radius 3 is 2.36 bits per heavy atom. The summed E-state index contributed by atoms with van der Waals surface area (Å²) in [4.78, 5) is 4.83. The number of rotatable bonds is 16. The third kappa shape index (κ3) is 8.35. The number of likely N-dealkylation sites (N-methyl/N-ethyl adjacent to an activating group) is 1. The Morgan fingerprint density at radius 1 is 0.909 bits per heavy atom. The average Bonchev–Trinajstić information content (AvgIpc) is 3.40. The zero-order valence-corrected chi connectivity index (χ0v) is 27.3. The van der Waals surface area contributed by atoms with Crippen LogP contribution in [0, 0.1) is 13.8 Å². The molecule has 0 aliphatic carbocycles. The molecule has 44 heavy (non-hydrogen) atoms. The highest BCUT2D eigenvalue weighted by molar-refractivity contribution is 7.86. The van der Waals surface area contributed by atoms with Crippen LogP contribution in [-0.4, -0.2) is 61.5 Å². The van der Waals surface area contributed by atoms with Crippen LogP contribution >= 0.6 is 11.3 Å². The van der Waals surface area contributed by atoms with Gasteiger partial charge in [0, 0.05) is 14.2 Å². The molecule has 0 aliphatic heterocycles. The summed E-state index contributed by atoms with van der Waals surface area (Å²) < 4.78 is 58.8. The van der Waals surface area contributed by atoms with Gasteiger partial charge in [-0.3, -0.25) is 4.18 Å². The first-order chi connectivity index (χ1) is 21.2. The first-order valence-corrected chi connectivity index (χ1v) is 16.2. The normalized spacial score (nSPS) is 12.6. The monoisotopic (exact) mass is 642 g/mol. The lowest BCUT2D eigenvalue weighted by Gasteiger charge is -2.21. The van der Waals surface area contributed by atoms with Crippen molar-refractivity contribution in [2.75, 3.05) is 48.1 Å². The summed E-state index contributed by atoms with van der Waals surface area (Å²) in [5.74, 6) is 1.36. The van der Waals surface area contributed by atoms with E-state index in [4.69, 9.17) is 32.9 Å². The average molecular weight is 643 g/mol. The van der Waals surface area contributed by atoms with Crippen molar-refractivity contribution in [3.8, 4) is 17.2 Å².